The molecule has 0 radical (unpaired) electrons. The van der Waals surface area contributed by atoms with E-state index >= 15 is 0 Å². The van der Waals surface area contributed by atoms with Crippen molar-refractivity contribution in [1.82, 2.24) is 19.9 Å². The number of nitrogens with one attached hydrogen (secondary N) is 2. The summed E-state index contributed by atoms with van der Waals surface area (Å²) in [5, 5.41) is 3.68. The standard InChI is InChI=1S/C46H28Cl8N4/c1-21-22(2)46-44(40-29(53)13-6-14-30(40)54)36-20-18-34(57-36)42(38-25(49)9-4-10-26(38)50)32-16-15-31(55-32)41(37-23(47)7-3-8-24(37)48)33-17-19-35(56-33)43(45(21)58-46)39-27(51)11-5-12-28(39)52/h3-22,56-57H,1-2H3. The van der Waals surface area contributed by atoms with Gasteiger partial charge in [0.25, 0.3) is 0 Å². The highest BCUT2D eigenvalue weighted by Gasteiger charge is 2.33. The fourth-order valence-electron chi connectivity index (χ4n) is 7.94. The maximum Gasteiger partial charge on any atom is 0.0738 e. The Kier molecular flexibility index (Phi) is 10.6. The first-order valence-electron chi connectivity index (χ1n) is 18.2. The van der Waals surface area contributed by atoms with Crippen LogP contribution >= 0.6 is 92.8 Å². The second-order valence-electron chi connectivity index (χ2n) is 14.1. The van der Waals surface area contributed by atoms with Crippen LogP contribution in [0.3, 0.4) is 0 Å². The third-order valence-electron chi connectivity index (χ3n) is 10.8. The molecular formula is C46H28Cl8N4. The van der Waals surface area contributed by atoms with Crippen molar-refractivity contribution < 1.29 is 0 Å². The summed E-state index contributed by atoms with van der Waals surface area (Å²) in [5.74, 6) is -0.260. The van der Waals surface area contributed by atoms with E-state index in [1.165, 1.54) is 0 Å². The highest BCUT2D eigenvalue weighted by atomic mass is 35.5. The van der Waals surface area contributed by atoms with Gasteiger partial charge in [-0.3, -0.25) is 4.98 Å². The molecule has 0 aliphatic carbocycles. The molecule has 2 atom stereocenters. The van der Waals surface area contributed by atoms with Gasteiger partial charge in [-0.05, 0) is 84.9 Å². The Morgan fingerprint density at radius 1 is 0.345 bits per heavy atom. The second kappa shape index (κ2) is 15.6. The second-order valence-corrected chi connectivity index (χ2v) is 17.4. The molecule has 12 heteroatoms. The molecule has 5 heterocycles. The van der Waals surface area contributed by atoms with Gasteiger partial charge in [0, 0.05) is 78.4 Å². The predicted octanol–water partition coefficient (Wildman–Crippen LogP) is 17.3. The van der Waals surface area contributed by atoms with E-state index in [2.05, 4.69) is 23.8 Å². The normalized spacial score (nSPS) is 15.0. The van der Waals surface area contributed by atoms with E-state index in [0.717, 1.165) is 33.5 Å². The molecule has 288 valence electrons. The zero-order chi connectivity index (χ0) is 40.6. The van der Waals surface area contributed by atoms with Crippen LogP contribution in [0, 0.1) is 0 Å². The molecular weight excluding hydrogens is 892 g/mol. The van der Waals surface area contributed by atoms with Crippen LogP contribution in [0.1, 0.15) is 48.5 Å². The van der Waals surface area contributed by atoms with Crippen molar-refractivity contribution in [1.29, 1.82) is 0 Å². The van der Waals surface area contributed by atoms with Crippen LogP contribution in [-0.4, -0.2) is 19.9 Å². The number of benzene rings is 4. The minimum atomic E-state index is -0.130. The Morgan fingerprint density at radius 3 is 0.897 bits per heavy atom. The van der Waals surface area contributed by atoms with Gasteiger partial charge in [-0.1, -0.05) is 131 Å². The van der Waals surface area contributed by atoms with Gasteiger partial charge in [0.15, 0.2) is 0 Å². The summed E-state index contributed by atoms with van der Waals surface area (Å²) in [5.41, 5.74) is 10.9. The maximum absolute atomic E-state index is 7.06. The predicted molar refractivity (Wildman–Crippen MR) is 249 cm³/mol. The number of aromatic amines is 2. The number of nitrogens with zero attached hydrogens (tertiary/aromatic N) is 2. The van der Waals surface area contributed by atoms with Crippen molar-refractivity contribution in [2.45, 2.75) is 25.7 Å². The molecule has 0 spiro atoms. The lowest BCUT2D eigenvalue weighted by Gasteiger charge is -2.16. The average Bonchev–Trinajstić information content (AvgIpc) is 4.01. The van der Waals surface area contributed by atoms with Crippen molar-refractivity contribution >= 4 is 127 Å². The van der Waals surface area contributed by atoms with E-state index in [-0.39, 0.29) is 11.8 Å². The first kappa shape index (κ1) is 39.5. The molecule has 4 nitrogen and oxygen atoms in total. The van der Waals surface area contributed by atoms with Crippen molar-refractivity contribution in [3.05, 3.63) is 160 Å². The largest absolute Gasteiger partial charge is 0.354 e. The number of rotatable bonds is 4. The van der Waals surface area contributed by atoms with E-state index in [9.17, 15) is 0 Å². The summed E-state index contributed by atoms with van der Waals surface area (Å²) in [7, 11) is 0. The average molecular weight is 920 g/mol. The summed E-state index contributed by atoms with van der Waals surface area (Å²) in [6.45, 7) is 4.29. The van der Waals surface area contributed by atoms with Crippen LogP contribution in [-0.2, 0) is 0 Å². The van der Waals surface area contributed by atoms with Crippen LogP contribution < -0.4 is 0 Å². The number of H-pyrrole nitrogens is 2. The van der Waals surface area contributed by atoms with Crippen LogP contribution in [0.15, 0.2) is 97.1 Å². The zero-order valence-corrected chi connectivity index (χ0v) is 36.5. The summed E-state index contributed by atoms with van der Waals surface area (Å²) < 4.78 is 0. The third kappa shape index (κ3) is 6.63. The molecule has 2 aliphatic heterocycles. The van der Waals surface area contributed by atoms with E-state index in [0.29, 0.717) is 96.0 Å². The highest BCUT2D eigenvalue weighted by molar-refractivity contribution is 6.42. The molecule has 0 amide bonds. The zero-order valence-electron chi connectivity index (χ0n) is 30.5. The molecule has 2 aliphatic rings. The van der Waals surface area contributed by atoms with Gasteiger partial charge in [-0.2, -0.15) is 0 Å². The van der Waals surface area contributed by atoms with Crippen molar-refractivity contribution in [3.8, 4) is 44.5 Å². The van der Waals surface area contributed by atoms with Crippen molar-refractivity contribution in [2.75, 3.05) is 0 Å². The smallest absolute Gasteiger partial charge is 0.0738 e. The highest BCUT2D eigenvalue weighted by Crippen LogP contribution is 2.50. The minimum absolute atomic E-state index is 0.130. The van der Waals surface area contributed by atoms with Crippen molar-refractivity contribution in [2.24, 2.45) is 0 Å². The number of aromatic nitrogens is 4. The van der Waals surface area contributed by atoms with Crippen LogP contribution in [0.5, 0.6) is 0 Å². The fraction of sp³-hybridized carbons (Fsp3) is 0.0870. The quantitative estimate of drug-likeness (QED) is 0.185. The van der Waals surface area contributed by atoms with E-state index in [1.807, 2.05) is 84.9 Å². The lowest BCUT2D eigenvalue weighted by molar-refractivity contribution is 0.657. The Balaban J connectivity index is 1.57. The Hall–Kier alpha value is -3.94. The number of hydrogen-bond donors (Lipinski definition) is 2. The number of hydrogen-bond acceptors (Lipinski definition) is 2. The first-order chi connectivity index (χ1) is 27.9. The number of fused-ring (bicyclic) bond motifs is 8. The van der Waals surface area contributed by atoms with Gasteiger partial charge in [-0.25, -0.2) is 4.98 Å². The molecule has 3 aromatic heterocycles. The monoisotopic (exact) mass is 916 g/mol. The van der Waals surface area contributed by atoms with E-state index in [4.69, 9.17) is 103 Å². The summed E-state index contributed by atoms with van der Waals surface area (Å²) in [4.78, 5) is 18.2. The molecule has 7 aromatic rings. The summed E-state index contributed by atoms with van der Waals surface area (Å²) in [6, 6.07) is 29.7. The summed E-state index contributed by atoms with van der Waals surface area (Å²) in [6.07, 6.45) is 3.86. The Bertz CT molecular complexity index is 2770. The molecule has 0 saturated carbocycles. The molecule has 4 aromatic carbocycles. The SMILES string of the molecule is CC1c2nc(c(-c3c(Cl)cccc3Cl)c3ccc([nH]3)c(-c3c(Cl)cccc3Cl)c3nc(c(-c4c(Cl)cccc4Cl)c4ccc([nH]4)c2-c2c(Cl)cccc2Cl)C=C3)C1C. The van der Waals surface area contributed by atoms with Crippen LogP contribution in [0.2, 0.25) is 40.2 Å². The topological polar surface area (TPSA) is 57.4 Å². The van der Waals surface area contributed by atoms with E-state index in [1.54, 1.807) is 24.3 Å². The minimum Gasteiger partial charge on any atom is -0.354 e. The summed E-state index contributed by atoms with van der Waals surface area (Å²) >= 11 is 56.2. The third-order valence-corrected chi connectivity index (χ3v) is 13.3. The van der Waals surface area contributed by atoms with Gasteiger partial charge in [0.1, 0.15) is 0 Å². The lowest BCUT2D eigenvalue weighted by Crippen LogP contribution is -2.00. The lowest BCUT2D eigenvalue weighted by atomic mass is 9.87. The van der Waals surface area contributed by atoms with E-state index < -0.39 is 0 Å². The molecule has 0 saturated heterocycles. The van der Waals surface area contributed by atoms with Gasteiger partial charge < -0.3 is 9.97 Å². The van der Waals surface area contributed by atoms with Crippen LogP contribution in [0.25, 0.3) is 78.7 Å². The first-order valence-corrected chi connectivity index (χ1v) is 21.2. The van der Waals surface area contributed by atoms with Gasteiger partial charge >= 0.3 is 0 Å². The number of halogens is 8. The Morgan fingerprint density at radius 2 is 0.603 bits per heavy atom. The van der Waals surface area contributed by atoms with Crippen LogP contribution in [0.4, 0.5) is 0 Å². The van der Waals surface area contributed by atoms with Gasteiger partial charge in [0.2, 0.25) is 0 Å². The fourth-order valence-corrected chi connectivity index (χ4v) is 10.3. The molecule has 0 fully saturated rings. The molecule has 8 bridgehead atoms. The molecule has 58 heavy (non-hydrogen) atoms. The van der Waals surface area contributed by atoms with Gasteiger partial charge in [-0.15, -0.1) is 0 Å². The molecule has 2 unspecified atom stereocenters. The molecule has 9 rings (SSSR count). The van der Waals surface area contributed by atoms with Crippen molar-refractivity contribution in [3.63, 3.8) is 0 Å². The Labute approximate surface area is 374 Å². The maximum atomic E-state index is 7.06. The van der Waals surface area contributed by atoms with Gasteiger partial charge in [0.05, 0.1) is 63.0 Å². The molecule has 2 N–H and O–H groups in total.